The molecule has 2 N–H and O–H groups in total. The molecule has 1 aromatic carbocycles. The van der Waals surface area contributed by atoms with Crippen molar-refractivity contribution in [3.8, 4) is 0 Å². The lowest BCUT2D eigenvalue weighted by molar-refractivity contribution is -0.128. The first-order valence-electron chi connectivity index (χ1n) is 6.07. The Balaban J connectivity index is 2.12. The first-order chi connectivity index (χ1) is 8.00. The number of nitrogens with one attached hydrogen (secondary N) is 2. The Morgan fingerprint density at radius 1 is 1.12 bits per heavy atom. The highest BCUT2D eigenvalue weighted by Crippen LogP contribution is 2.12. The average molecular weight is 234 g/mol. The summed E-state index contributed by atoms with van der Waals surface area (Å²) >= 11 is 0. The lowest BCUT2D eigenvalue weighted by Gasteiger charge is -2.17. The summed E-state index contributed by atoms with van der Waals surface area (Å²) in [5.41, 5.74) is 0.821. The van der Waals surface area contributed by atoms with Crippen molar-refractivity contribution < 1.29 is 4.79 Å². The van der Waals surface area contributed by atoms with Gasteiger partial charge in [-0.2, -0.15) is 0 Å². The molecule has 0 saturated heterocycles. The fourth-order valence-corrected chi connectivity index (χ4v) is 1.34. The van der Waals surface area contributed by atoms with E-state index < -0.39 is 0 Å². The molecule has 0 saturated carbocycles. The predicted molar refractivity (Wildman–Crippen MR) is 72.0 cm³/mol. The zero-order valence-corrected chi connectivity index (χ0v) is 10.9. The highest BCUT2D eigenvalue weighted by atomic mass is 16.2. The number of rotatable bonds is 5. The molecule has 17 heavy (non-hydrogen) atoms. The number of para-hydroxylation sites is 1. The van der Waals surface area contributed by atoms with Gasteiger partial charge in [-0.3, -0.25) is 4.79 Å². The highest BCUT2D eigenvalue weighted by Gasteiger charge is 2.19. The third-order valence-corrected chi connectivity index (χ3v) is 2.42. The minimum atomic E-state index is -0.299. The van der Waals surface area contributed by atoms with Crippen molar-refractivity contribution in [3.05, 3.63) is 30.3 Å². The Kier molecular flexibility index (Phi) is 5.01. The molecule has 0 radical (unpaired) electrons. The van der Waals surface area contributed by atoms with Crippen LogP contribution in [0.2, 0.25) is 0 Å². The van der Waals surface area contributed by atoms with Crippen molar-refractivity contribution in [1.82, 2.24) is 5.32 Å². The van der Waals surface area contributed by atoms with Crippen LogP contribution in [0.4, 0.5) is 5.69 Å². The summed E-state index contributed by atoms with van der Waals surface area (Å²) in [5.74, 6) is 0.109. The zero-order valence-electron chi connectivity index (χ0n) is 10.9. The van der Waals surface area contributed by atoms with E-state index in [4.69, 9.17) is 0 Å². The molecule has 0 aliphatic heterocycles. The quantitative estimate of drug-likeness (QED) is 0.769. The molecular formula is C14H22N2O. The smallest absolute Gasteiger partial charge is 0.225 e. The Labute approximate surface area is 104 Å². The molecule has 0 aromatic heterocycles. The maximum atomic E-state index is 11.6. The molecule has 3 nitrogen and oxygen atoms in total. The molecule has 0 spiro atoms. The van der Waals surface area contributed by atoms with E-state index in [0.29, 0.717) is 0 Å². The van der Waals surface area contributed by atoms with Gasteiger partial charge in [-0.05, 0) is 18.6 Å². The Bertz CT molecular complexity index is 341. The summed E-state index contributed by atoms with van der Waals surface area (Å²) < 4.78 is 0. The van der Waals surface area contributed by atoms with Crippen LogP contribution in [0.1, 0.15) is 27.2 Å². The van der Waals surface area contributed by atoms with E-state index in [0.717, 1.165) is 25.2 Å². The van der Waals surface area contributed by atoms with Crippen LogP contribution >= 0.6 is 0 Å². The maximum Gasteiger partial charge on any atom is 0.225 e. The van der Waals surface area contributed by atoms with E-state index >= 15 is 0 Å². The summed E-state index contributed by atoms with van der Waals surface area (Å²) in [7, 11) is 0. The number of hydrogen-bond acceptors (Lipinski definition) is 2. The van der Waals surface area contributed by atoms with Gasteiger partial charge >= 0.3 is 0 Å². The second kappa shape index (κ2) is 6.28. The van der Waals surface area contributed by atoms with Gasteiger partial charge in [-0.1, -0.05) is 39.0 Å². The van der Waals surface area contributed by atoms with Crippen LogP contribution in [-0.2, 0) is 4.79 Å². The lowest BCUT2D eigenvalue weighted by Crippen LogP contribution is -2.35. The molecule has 1 amide bonds. The molecule has 0 atom stereocenters. The Morgan fingerprint density at radius 2 is 1.76 bits per heavy atom. The van der Waals surface area contributed by atoms with Crippen LogP contribution < -0.4 is 10.6 Å². The van der Waals surface area contributed by atoms with E-state index in [1.54, 1.807) is 0 Å². The summed E-state index contributed by atoms with van der Waals surface area (Å²) in [6.45, 7) is 7.35. The minimum absolute atomic E-state index is 0.109. The van der Waals surface area contributed by atoms with Gasteiger partial charge in [0.25, 0.3) is 0 Å². The number of hydrogen-bond donors (Lipinski definition) is 2. The molecule has 0 bridgehead atoms. The van der Waals surface area contributed by atoms with Crippen LogP contribution in [0.3, 0.4) is 0 Å². The summed E-state index contributed by atoms with van der Waals surface area (Å²) in [6.07, 6.45) is 0.927. The fourth-order valence-electron chi connectivity index (χ4n) is 1.34. The van der Waals surface area contributed by atoms with Gasteiger partial charge in [-0.15, -0.1) is 0 Å². The van der Waals surface area contributed by atoms with Gasteiger partial charge in [0.2, 0.25) is 5.91 Å². The van der Waals surface area contributed by atoms with Gasteiger partial charge in [-0.25, -0.2) is 0 Å². The van der Waals surface area contributed by atoms with E-state index in [2.05, 4.69) is 10.6 Å². The zero-order chi connectivity index (χ0) is 12.7. The Morgan fingerprint density at radius 3 is 2.35 bits per heavy atom. The van der Waals surface area contributed by atoms with Crippen LogP contribution in [0.15, 0.2) is 30.3 Å². The fraction of sp³-hybridized carbons (Fsp3) is 0.500. The Hall–Kier alpha value is -1.51. The van der Waals surface area contributed by atoms with E-state index in [1.807, 2.05) is 51.1 Å². The number of carbonyl (C=O) groups is 1. The minimum Gasteiger partial charge on any atom is -0.385 e. The second-order valence-electron chi connectivity index (χ2n) is 5.15. The molecule has 1 aromatic rings. The van der Waals surface area contributed by atoms with Crippen molar-refractivity contribution in [1.29, 1.82) is 0 Å². The topological polar surface area (TPSA) is 41.1 Å². The van der Waals surface area contributed by atoms with Gasteiger partial charge < -0.3 is 10.6 Å². The number of amides is 1. The largest absolute Gasteiger partial charge is 0.385 e. The molecule has 1 rings (SSSR count). The van der Waals surface area contributed by atoms with Crippen LogP contribution in [0, 0.1) is 5.41 Å². The number of carbonyl (C=O) groups excluding carboxylic acids is 1. The highest BCUT2D eigenvalue weighted by molar-refractivity contribution is 5.81. The van der Waals surface area contributed by atoms with E-state index in [9.17, 15) is 4.79 Å². The maximum absolute atomic E-state index is 11.6. The number of anilines is 1. The first-order valence-corrected chi connectivity index (χ1v) is 6.07. The molecular weight excluding hydrogens is 212 g/mol. The van der Waals surface area contributed by atoms with E-state index in [1.165, 1.54) is 0 Å². The predicted octanol–water partition coefficient (Wildman–Crippen LogP) is 2.65. The second-order valence-corrected chi connectivity index (χ2v) is 5.15. The molecule has 0 aliphatic carbocycles. The van der Waals surface area contributed by atoms with Crippen molar-refractivity contribution >= 4 is 11.6 Å². The van der Waals surface area contributed by atoms with Gasteiger partial charge in [0.1, 0.15) is 0 Å². The van der Waals surface area contributed by atoms with Crippen molar-refractivity contribution in [2.45, 2.75) is 27.2 Å². The monoisotopic (exact) mass is 234 g/mol. The van der Waals surface area contributed by atoms with Crippen molar-refractivity contribution in [2.75, 3.05) is 18.4 Å². The molecule has 0 heterocycles. The summed E-state index contributed by atoms with van der Waals surface area (Å²) in [6, 6.07) is 10.1. The van der Waals surface area contributed by atoms with Crippen molar-refractivity contribution in [2.24, 2.45) is 5.41 Å². The summed E-state index contributed by atoms with van der Waals surface area (Å²) in [5, 5.41) is 6.24. The first kappa shape index (κ1) is 13.6. The molecule has 3 heteroatoms. The third-order valence-electron chi connectivity index (χ3n) is 2.42. The molecule has 0 aliphatic rings. The summed E-state index contributed by atoms with van der Waals surface area (Å²) in [4.78, 5) is 11.6. The van der Waals surface area contributed by atoms with Crippen LogP contribution in [0.5, 0.6) is 0 Å². The van der Waals surface area contributed by atoms with Crippen LogP contribution in [0.25, 0.3) is 0 Å². The van der Waals surface area contributed by atoms with Gasteiger partial charge in [0.15, 0.2) is 0 Å². The van der Waals surface area contributed by atoms with Crippen molar-refractivity contribution in [3.63, 3.8) is 0 Å². The molecule has 94 valence electrons. The molecule has 0 unspecified atom stereocenters. The van der Waals surface area contributed by atoms with E-state index in [-0.39, 0.29) is 11.3 Å². The van der Waals surface area contributed by atoms with Gasteiger partial charge in [0, 0.05) is 24.2 Å². The average Bonchev–Trinajstić information content (AvgIpc) is 2.28. The standard InChI is InChI=1S/C14H22N2O/c1-14(2,3)13(17)16-11-7-10-15-12-8-5-4-6-9-12/h4-6,8-9,15H,7,10-11H2,1-3H3,(H,16,17). The van der Waals surface area contributed by atoms with Crippen LogP contribution in [-0.4, -0.2) is 19.0 Å². The third kappa shape index (κ3) is 5.38. The SMILES string of the molecule is CC(C)(C)C(=O)NCCCNc1ccccc1. The lowest BCUT2D eigenvalue weighted by atomic mass is 9.96. The van der Waals surface area contributed by atoms with Gasteiger partial charge in [0.05, 0.1) is 0 Å². The normalized spacial score (nSPS) is 11.0. The number of benzene rings is 1. The molecule has 0 fully saturated rings.